The van der Waals surface area contributed by atoms with Crippen molar-refractivity contribution in [3.05, 3.63) is 85.0 Å². The van der Waals surface area contributed by atoms with Gasteiger partial charge >= 0.3 is 65.2 Å². The van der Waals surface area contributed by atoms with Crippen LogP contribution in [-0.2, 0) is 142 Å². The van der Waals surface area contributed by atoms with Crippen molar-refractivity contribution < 1.29 is 102 Å². The van der Waals surface area contributed by atoms with Crippen LogP contribution in [0.3, 0.4) is 0 Å². The minimum absolute atomic E-state index is 0. The van der Waals surface area contributed by atoms with Gasteiger partial charge in [0.1, 0.15) is 0 Å². The van der Waals surface area contributed by atoms with Crippen LogP contribution in [0.25, 0.3) is 0 Å². The molecule has 0 unspecified atom stereocenters. The van der Waals surface area contributed by atoms with Gasteiger partial charge in [0.15, 0.2) is 0 Å². The van der Waals surface area contributed by atoms with Crippen molar-refractivity contribution in [3.63, 3.8) is 0 Å². The third-order valence-electron chi connectivity index (χ3n) is 10.1. The van der Waals surface area contributed by atoms with Crippen LogP contribution in [0.15, 0.2) is 18.2 Å². The zero-order valence-electron chi connectivity index (χ0n) is 29.1. The molecule has 3 aliphatic carbocycles. The molecule has 0 spiro atoms. The van der Waals surface area contributed by atoms with Crippen LogP contribution in [0.2, 0.25) is 0 Å². The van der Waals surface area contributed by atoms with Crippen LogP contribution >= 0.6 is 0 Å². The molecule has 3 aromatic rings. The van der Waals surface area contributed by atoms with Crippen LogP contribution in [0, 0.1) is 0 Å². The molecule has 6 rings (SSSR count). The SMILES string of the molecule is CCc1c[c-](CC)c2c1CCCC2.CCc1c[c-](CC)c2c1CCCC2.CCc1c[c-](CC)c2c1CCCC2.[Cl-].[Cl-].[Cl-].[Ti+2].[Ti+2].[Ti+2]. The fraction of sp³-hybridized carbons (Fsp3) is 0.615. The first-order valence-corrected chi connectivity index (χ1v) is 17.0. The summed E-state index contributed by atoms with van der Waals surface area (Å²) in [6.07, 6.45) is 23.9. The second-order valence-electron chi connectivity index (χ2n) is 12.2. The van der Waals surface area contributed by atoms with E-state index in [2.05, 4.69) is 59.7 Å². The number of hydrogen-bond acceptors (Lipinski definition) is 0. The third kappa shape index (κ3) is 12.4. The Morgan fingerprint density at radius 1 is 0.400 bits per heavy atom. The molecule has 0 fully saturated rings. The van der Waals surface area contributed by atoms with Crippen LogP contribution in [0.1, 0.15) is 147 Å². The van der Waals surface area contributed by atoms with E-state index in [0.717, 1.165) is 0 Å². The first-order chi connectivity index (χ1) is 19.1. The number of aryl methyl sites for hydroxylation is 6. The summed E-state index contributed by atoms with van der Waals surface area (Å²) in [5.74, 6) is 0. The molecule has 0 saturated carbocycles. The molecule has 0 nitrogen and oxygen atoms in total. The summed E-state index contributed by atoms with van der Waals surface area (Å²) >= 11 is 0. The summed E-state index contributed by atoms with van der Waals surface area (Å²) < 4.78 is 0. The summed E-state index contributed by atoms with van der Waals surface area (Å²) in [4.78, 5) is 0. The Morgan fingerprint density at radius 2 is 0.622 bits per heavy atom. The van der Waals surface area contributed by atoms with Gasteiger partial charge in [-0.25, -0.2) is 0 Å². The van der Waals surface area contributed by atoms with Gasteiger partial charge in [0.2, 0.25) is 0 Å². The molecule has 0 N–H and O–H groups in total. The zero-order chi connectivity index (χ0) is 27.8. The van der Waals surface area contributed by atoms with Crippen molar-refractivity contribution in [2.24, 2.45) is 0 Å². The van der Waals surface area contributed by atoms with Gasteiger partial charge in [-0.1, -0.05) is 157 Å². The topological polar surface area (TPSA) is 0 Å². The van der Waals surface area contributed by atoms with E-state index in [1.807, 2.05) is 0 Å². The Balaban J connectivity index is -0.000000551. The first-order valence-electron chi connectivity index (χ1n) is 17.0. The Labute approximate surface area is 341 Å². The summed E-state index contributed by atoms with van der Waals surface area (Å²) in [5.41, 5.74) is 20.1. The molecule has 0 heterocycles. The molecule has 0 atom stereocenters. The summed E-state index contributed by atoms with van der Waals surface area (Å²) in [6.45, 7) is 13.7. The van der Waals surface area contributed by atoms with Crippen LogP contribution < -0.4 is 37.2 Å². The number of rotatable bonds is 6. The van der Waals surface area contributed by atoms with E-state index < -0.39 is 0 Å². The average Bonchev–Trinajstić information content (AvgIpc) is 3.68. The van der Waals surface area contributed by atoms with Gasteiger partial charge in [0.05, 0.1) is 0 Å². The third-order valence-corrected chi connectivity index (χ3v) is 10.1. The van der Waals surface area contributed by atoms with E-state index >= 15 is 0 Å². The smallest absolute Gasteiger partial charge is 1.00 e. The minimum Gasteiger partial charge on any atom is -1.00 e. The quantitative estimate of drug-likeness (QED) is 0.262. The van der Waals surface area contributed by atoms with Gasteiger partial charge in [0.25, 0.3) is 0 Å². The van der Waals surface area contributed by atoms with Crippen molar-refractivity contribution in [3.8, 4) is 0 Å². The van der Waals surface area contributed by atoms with Gasteiger partial charge in [-0.15, -0.1) is 0 Å². The van der Waals surface area contributed by atoms with Gasteiger partial charge in [-0.05, 0) is 0 Å². The fourth-order valence-corrected chi connectivity index (χ4v) is 7.89. The standard InChI is InChI=1S/3C13H19.3ClH.3Ti/c3*1-3-10-9-11(4-2)13-8-6-5-7-12(10)13;;;;;;/h3*9H,3-8H2,1-2H3;3*1H;;;/q3*-1;;;;3*+2/p-3. The van der Waals surface area contributed by atoms with Crippen LogP contribution in [0.5, 0.6) is 0 Å². The zero-order valence-corrected chi connectivity index (χ0v) is 36.0. The predicted octanol–water partition coefficient (Wildman–Crippen LogP) is 1.23. The van der Waals surface area contributed by atoms with E-state index in [1.165, 1.54) is 116 Å². The first kappa shape index (κ1) is 50.4. The van der Waals surface area contributed by atoms with E-state index in [9.17, 15) is 0 Å². The molecule has 3 aromatic carbocycles. The molecular formula is C39H57Cl3Ti3. The maximum absolute atomic E-state index is 2.45. The average molecular weight is 776 g/mol. The Hall–Kier alpha value is 1.06. The number of hydrogen-bond donors (Lipinski definition) is 0. The Bertz CT molecular complexity index is 968. The van der Waals surface area contributed by atoms with Crippen molar-refractivity contribution in [1.82, 2.24) is 0 Å². The molecule has 0 aromatic heterocycles. The van der Waals surface area contributed by atoms with E-state index in [4.69, 9.17) is 0 Å². The maximum atomic E-state index is 2.45. The van der Waals surface area contributed by atoms with Gasteiger partial charge in [-0.3, -0.25) is 0 Å². The monoisotopic (exact) mass is 774 g/mol. The van der Waals surface area contributed by atoms with E-state index in [0.29, 0.717) is 0 Å². The fourth-order valence-electron chi connectivity index (χ4n) is 7.89. The molecular weight excluding hydrogens is 718 g/mol. The maximum Gasteiger partial charge on any atom is 2.00 e. The molecule has 246 valence electrons. The summed E-state index contributed by atoms with van der Waals surface area (Å²) in [7, 11) is 0. The Kier molecular flexibility index (Phi) is 29.1. The van der Waals surface area contributed by atoms with E-state index in [-0.39, 0.29) is 102 Å². The summed E-state index contributed by atoms with van der Waals surface area (Å²) in [6, 6.07) is 7.36. The molecule has 0 saturated heterocycles. The molecule has 0 radical (unpaired) electrons. The normalized spacial score (nSPS) is 13.7. The van der Waals surface area contributed by atoms with Crippen LogP contribution in [0.4, 0.5) is 0 Å². The van der Waals surface area contributed by atoms with Crippen molar-refractivity contribution >= 4 is 0 Å². The second kappa shape index (κ2) is 26.0. The second-order valence-corrected chi connectivity index (χ2v) is 12.2. The van der Waals surface area contributed by atoms with Gasteiger partial charge in [-0.2, -0.15) is 85.0 Å². The van der Waals surface area contributed by atoms with Gasteiger partial charge in [0, 0.05) is 0 Å². The van der Waals surface area contributed by atoms with Crippen LogP contribution in [-0.4, -0.2) is 0 Å². The predicted molar refractivity (Wildman–Crippen MR) is 172 cm³/mol. The molecule has 0 bridgehead atoms. The molecule has 0 amide bonds. The van der Waals surface area contributed by atoms with Gasteiger partial charge < -0.3 is 37.2 Å². The molecule has 3 aliphatic rings. The van der Waals surface area contributed by atoms with Crippen molar-refractivity contribution in [1.29, 1.82) is 0 Å². The number of halogens is 3. The van der Waals surface area contributed by atoms with Crippen molar-refractivity contribution in [2.75, 3.05) is 0 Å². The Morgan fingerprint density at radius 3 is 0.822 bits per heavy atom. The van der Waals surface area contributed by atoms with E-state index in [1.54, 1.807) is 66.8 Å². The minimum atomic E-state index is 0. The molecule has 6 heteroatoms. The number of fused-ring (bicyclic) bond motifs is 3. The molecule has 0 aliphatic heterocycles. The molecule has 45 heavy (non-hydrogen) atoms. The van der Waals surface area contributed by atoms with Crippen molar-refractivity contribution in [2.45, 2.75) is 157 Å². The summed E-state index contributed by atoms with van der Waals surface area (Å²) in [5, 5.41) is 0. The largest absolute Gasteiger partial charge is 2.00 e.